The van der Waals surface area contributed by atoms with Gasteiger partial charge in [-0.2, -0.15) is 14.8 Å². The SMILES string of the molecule is C/C(CF)=C(/F)C[C@]1([C@@H](C)Oc2ncnn2-c2ccc(Cl)cc2)CO1. The highest BCUT2D eigenvalue weighted by molar-refractivity contribution is 6.30. The van der Waals surface area contributed by atoms with Crippen LogP contribution in [0.3, 0.4) is 0 Å². The van der Waals surface area contributed by atoms with Crippen molar-refractivity contribution in [3.8, 4) is 11.7 Å². The quantitative estimate of drug-likeness (QED) is 0.691. The van der Waals surface area contributed by atoms with E-state index in [0.29, 0.717) is 11.6 Å². The Morgan fingerprint density at radius 1 is 1.44 bits per heavy atom. The van der Waals surface area contributed by atoms with Gasteiger partial charge in [-0.05, 0) is 43.7 Å². The van der Waals surface area contributed by atoms with E-state index in [1.807, 2.05) is 0 Å². The highest BCUT2D eigenvalue weighted by Gasteiger charge is 2.52. The zero-order valence-corrected chi connectivity index (χ0v) is 14.6. The van der Waals surface area contributed by atoms with Gasteiger partial charge < -0.3 is 9.47 Å². The number of hydrogen-bond donors (Lipinski definition) is 0. The summed E-state index contributed by atoms with van der Waals surface area (Å²) in [6.07, 6.45) is 0.852. The van der Waals surface area contributed by atoms with Gasteiger partial charge in [0.05, 0.1) is 12.3 Å². The smallest absolute Gasteiger partial charge is 0.320 e. The average Bonchev–Trinajstić information content (AvgIpc) is 3.25. The molecule has 134 valence electrons. The van der Waals surface area contributed by atoms with Crippen LogP contribution in [0.2, 0.25) is 5.02 Å². The number of epoxide rings is 1. The molecule has 1 saturated heterocycles. The Morgan fingerprint density at radius 2 is 2.12 bits per heavy atom. The van der Waals surface area contributed by atoms with Gasteiger partial charge in [0, 0.05) is 11.4 Å². The fourth-order valence-electron chi connectivity index (χ4n) is 2.40. The molecule has 2 atom stereocenters. The number of alkyl halides is 1. The summed E-state index contributed by atoms with van der Waals surface area (Å²) in [6, 6.07) is 7.29. The first-order valence-corrected chi connectivity index (χ1v) is 8.19. The molecule has 1 fully saturated rings. The first-order chi connectivity index (χ1) is 11.9. The zero-order chi connectivity index (χ0) is 18.0. The Morgan fingerprint density at radius 3 is 2.72 bits per heavy atom. The summed E-state index contributed by atoms with van der Waals surface area (Å²) in [7, 11) is 0. The molecule has 0 aliphatic carbocycles. The maximum Gasteiger partial charge on any atom is 0.320 e. The summed E-state index contributed by atoms with van der Waals surface area (Å²) in [5, 5.41) is 4.74. The molecule has 1 aromatic carbocycles. The van der Waals surface area contributed by atoms with Crippen molar-refractivity contribution in [2.24, 2.45) is 0 Å². The molecule has 1 aromatic heterocycles. The molecule has 3 rings (SSSR count). The van der Waals surface area contributed by atoms with E-state index in [0.717, 1.165) is 5.69 Å². The monoisotopic (exact) mass is 369 g/mol. The Hall–Kier alpha value is -1.99. The van der Waals surface area contributed by atoms with Crippen molar-refractivity contribution < 1.29 is 18.3 Å². The van der Waals surface area contributed by atoms with Crippen LogP contribution in [0.25, 0.3) is 5.69 Å². The Bertz CT molecular complexity index is 772. The van der Waals surface area contributed by atoms with Crippen molar-refractivity contribution in [3.05, 3.63) is 47.0 Å². The van der Waals surface area contributed by atoms with Crippen molar-refractivity contribution in [2.75, 3.05) is 13.3 Å². The molecule has 0 N–H and O–H groups in total. The maximum atomic E-state index is 14.0. The van der Waals surface area contributed by atoms with Crippen LogP contribution in [0.15, 0.2) is 42.0 Å². The van der Waals surface area contributed by atoms with Crippen LogP contribution in [0.4, 0.5) is 8.78 Å². The molecule has 1 aliphatic rings. The molecule has 8 heteroatoms. The Balaban J connectivity index is 1.75. The van der Waals surface area contributed by atoms with E-state index in [-0.39, 0.29) is 18.0 Å². The minimum absolute atomic E-state index is 0.0288. The lowest BCUT2D eigenvalue weighted by Gasteiger charge is -2.21. The molecule has 0 unspecified atom stereocenters. The molecule has 2 heterocycles. The van der Waals surface area contributed by atoms with E-state index >= 15 is 0 Å². The predicted octanol–water partition coefficient (Wildman–Crippen LogP) is 4.06. The lowest BCUT2D eigenvalue weighted by atomic mass is 9.98. The van der Waals surface area contributed by atoms with Gasteiger partial charge in [0.25, 0.3) is 0 Å². The van der Waals surface area contributed by atoms with E-state index in [2.05, 4.69) is 10.1 Å². The maximum absolute atomic E-state index is 14.0. The number of nitrogens with zero attached hydrogens (tertiary/aromatic N) is 3. The van der Waals surface area contributed by atoms with E-state index in [9.17, 15) is 8.78 Å². The van der Waals surface area contributed by atoms with Crippen LogP contribution in [0.1, 0.15) is 20.3 Å². The molecule has 0 bridgehead atoms. The third-order valence-corrected chi connectivity index (χ3v) is 4.50. The molecule has 0 radical (unpaired) electrons. The van der Waals surface area contributed by atoms with Gasteiger partial charge in [-0.15, -0.1) is 0 Å². The van der Waals surface area contributed by atoms with Crippen molar-refractivity contribution in [3.63, 3.8) is 0 Å². The molecule has 25 heavy (non-hydrogen) atoms. The summed E-state index contributed by atoms with van der Waals surface area (Å²) in [5.74, 6) is -0.505. The zero-order valence-electron chi connectivity index (χ0n) is 13.9. The van der Waals surface area contributed by atoms with Gasteiger partial charge in [0.1, 0.15) is 30.5 Å². The molecule has 0 spiro atoms. The second-order valence-corrected chi connectivity index (χ2v) is 6.48. The highest BCUT2D eigenvalue weighted by atomic mass is 35.5. The third kappa shape index (κ3) is 3.82. The number of hydrogen-bond acceptors (Lipinski definition) is 4. The minimum atomic E-state index is -0.817. The van der Waals surface area contributed by atoms with Crippen LogP contribution in [0, 0.1) is 0 Å². The van der Waals surface area contributed by atoms with Crippen molar-refractivity contribution in [2.45, 2.75) is 32.0 Å². The first-order valence-electron chi connectivity index (χ1n) is 7.82. The summed E-state index contributed by atoms with van der Waals surface area (Å²) in [4.78, 5) is 4.10. The molecule has 2 aromatic rings. The molecule has 5 nitrogen and oxygen atoms in total. The number of ether oxygens (including phenoxy) is 2. The van der Waals surface area contributed by atoms with Gasteiger partial charge in [-0.3, -0.25) is 0 Å². The van der Waals surface area contributed by atoms with E-state index in [1.165, 1.54) is 17.9 Å². The van der Waals surface area contributed by atoms with Crippen molar-refractivity contribution in [1.82, 2.24) is 14.8 Å². The van der Waals surface area contributed by atoms with Crippen LogP contribution in [0.5, 0.6) is 6.01 Å². The van der Waals surface area contributed by atoms with Crippen LogP contribution in [-0.2, 0) is 4.74 Å². The van der Waals surface area contributed by atoms with Crippen LogP contribution >= 0.6 is 11.6 Å². The normalized spacial score (nSPS) is 21.6. The standard InChI is InChI=1S/C17H18ClF2N3O2/c1-11(8-19)15(20)7-17(9-24-17)12(2)25-16-21-10-22-23(16)14-5-3-13(18)4-6-14/h3-6,10,12H,7-9H2,1-2H3/b15-11-/t12-,17-/m1/s1. The largest absolute Gasteiger partial charge is 0.457 e. The van der Waals surface area contributed by atoms with E-state index < -0.39 is 24.2 Å². The fraction of sp³-hybridized carbons (Fsp3) is 0.412. The van der Waals surface area contributed by atoms with Crippen molar-refractivity contribution >= 4 is 11.6 Å². The van der Waals surface area contributed by atoms with Gasteiger partial charge in [-0.25, -0.2) is 8.78 Å². The summed E-state index contributed by atoms with van der Waals surface area (Å²) >= 11 is 5.89. The fourth-order valence-corrected chi connectivity index (χ4v) is 2.52. The molecular weight excluding hydrogens is 352 g/mol. The molecular formula is C17H18ClF2N3O2. The van der Waals surface area contributed by atoms with Gasteiger partial charge >= 0.3 is 6.01 Å². The summed E-state index contributed by atoms with van der Waals surface area (Å²) in [5.41, 5.74) is -0.00211. The van der Waals surface area contributed by atoms with Crippen LogP contribution < -0.4 is 4.74 Å². The molecule has 0 amide bonds. The summed E-state index contributed by atoms with van der Waals surface area (Å²) < 4.78 is 39.4. The molecule has 1 aliphatic heterocycles. The number of aromatic nitrogens is 3. The lowest BCUT2D eigenvalue weighted by molar-refractivity contribution is 0.0948. The van der Waals surface area contributed by atoms with Crippen LogP contribution in [-0.4, -0.2) is 39.8 Å². The predicted molar refractivity (Wildman–Crippen MR) is 89.5 cm³/mol. The van der Waals surface area contributed by atoms with Gasteiger partial charge in [0.15, 0.2) is 0 Å². The second kappa shape index (κ2) is 7.09. The summed E-state index contributed by atoms with van der Waals surface area (Å²) in [6.45, 7) is 2.72. The minimum Gasteiger partial charge on any atom is -0.457 e. The van der Waals surface area contributed by atoms with E-state index in [4.69, 9.17) is 21.1 Å². The molecule has 0 saturated carbocycles. The average molecular weight is 370 g/mol. The number of rotatable bonds is 7. The lowest BCUT2D eigenvalue weighted by Crippen LogP contribution is -2.33. The first kappa shape index (κ1) is 17.8. The number of halogens is 3. The Labute approximate surface area is 149 Å². The highest BCUT2D eigenvalue weighted by Crippen LogP contribution is 2.40. The van der Waals surface area contributed by atoms with Gasteiger partial charge in [-0.1, -0.05) is 11.6 Å². The second-order valence-electron chi connectivity index (χ2n) is 6.04. The topological polar surface area (TPSA) is 52.5 Å². The van der Waals surface area contributed by atoms with Crippen molar-refractivity contribution in [1.29, 1.82) is 0 Å². The van der Waals surface area contributed by atoms with E-state index in [1.54, 1.807) is 31.2 Å². The third-order valence-electron chi connectivity index (χ3n) is 4.24. The Kier molecular flexibility index (Phi) is 5.06. The van der Waals surface area contributed by atoms with Gasteiger partial charge in [0.2, 0.25) is 0 Å². The number of benzene rings is 1. The number of allylic oxidation sites excluding steroid dienone is 1.